The summed E-state index contributed by atoms with van der Waals surface area (Å²) in [6, 6.07) is 0.275. The van der Waals surface area contributed by atoms with Crippen molar-refractivity contribution in [2.24, 2.45) is 5.92 Å². The highest BCUT2D eigenvalue weighted by Gasteiger charge is 2.20. The van der Waals surface area contributed by atoms with E-state index in [1.165, 1.54) is 4.90 Å². The standard InChI is InChI=1S/C12H22N2O3/c1-9-3-5-10(6-4-9)13-11(15)7-14(2)8-12(16)17/h9-10H,3-8H2,1-2H3,(H,13,15)(H,16,17). The van der Waals surface area contributed by atoms with E-state index in [0.717, 1.165) is 31.6 Å². The van der Waals surface area contributed by atoms with Crippen LogP contribution in [0.1, 0.15) is 32.6 Å². The van der Waals surface area contributed by atoms with Gasteiger partial charge in [0.15, 0.2) is 0 Å². The molecule has 0 heterocycles. The third-order valence-electron chi connectivity index (χ3n) is 3.20. The van der Waals surface area contributed by atoms with E-state index in [4.69, 9.17) is 5.11 Å². The number of amides is 1. The predicted molar refractivity (Wildman–Crippen MR) is 64.7 cm³/mol. The first kappa shape index (κ1) is 14.0. The Morgan fingerprint density at radius 2 is 1.82 bits per heavy atom. The van der Waals surface area contributed by atoms with Crippen LogP contribution in [-0.2, 0) is 9.59 Å². The van der Waals surface area contributed by atoms with Crippen LogP contribution in [0, 0.1) is 5.92 Å². The van der Waals surface area contributed by atoms with Gasteiger partial charge in [-0.2, -0.15) is 0 Å². The first-order valence-corrected chi connectivity index (χ1v) is 6.17. The molecular weight excluding hydrogens is 220 g/mol. The molecule has 0 aliphatic heterocycles. The van der Waals surface area contributed by atoms with Crippen LogP contribution in [0.5, 0.6) is 0 Å². The van der Waals surface area contributed by atoms with Crippen molar-refractivity contribution >= 4 is 11.9 Å². The first-order chi connectivity index (χ1) is 7.97. The van der Waals surface area contributed by atoms with E-state index in [2.05, 4.69) is 12.2 Å². The minimum atomic E-state index is -0.910. The lowest BCUT2D eigenvalue weighted by Crippen LogP contribution is -2.43. The van der Waals surface area contributed by atoms with Crippen LogP contribution in [0.25, 0.3) is 0 Å². The Hall–Kier alpha value is -1.10. The van der Waals surface area contributed by atoms with Gasteiger partial charge in [0.2, 0.25) is 5.91 Å². The van der Waals surface area contributed by atoms with Gasteiger partial charge in [0.1, 0.15) is 0 Å². The van der Waals surface area contributed by atoms with Gasteiger partial charge in [-0.1, -0.05) is 6.92 Å². The van der Waals surface area contributed by atoms with Gasteiger partial charge in [-0.3, -0.25) is 14.5 Å². The highest BCUT2D eigenvalue weighted by molar-refractivity contribution is 5.79. The maximum atomic E-state index is 11.6. The second-order valence-electron chi connectivity index (χ2n) is 5.09. The number of nitrogens with one attached hydrogen (secondary N) is 1. The van der Waals surface area contributed by atoms with E-state index in [1.807, 2.05) is 0 Å². The van der Waals surface area contributed by atoms with Crippen LogP contribution in [0.3, 0.4) is 0 Å². The van der Waals surface area contributed by atoms with Crippen molar-refractivity contribution in [3.8, 4) is 0 Å². The van der Waals surface area contributed by atoms with Gasteiger partial charge < -0.3 is 10.4 Å². The van der Waals surface area contributed by atoms with Crippen LogP contribution < -0.4 is 5.32 Å². The molecule has 0 atom stereocenters. The van der Waals surface area contributed by atoms with Gasteiger partial charge in [0.05, 0.1) is 13.1 Å². The van der Waals surface area contributed by atoms with Crippen LogP contribution in [0.4, 0.5) is 0 Å². The summed E-state index contributed by atoms with van der Waals surface area (Å²) in [5.74, 6) is -0.224. The molecule has 1 amide bonds. The summed E-state index contributed by atoms with van der Waals surface area (Å²) in [4.78, 5) is 23.6. The molecular formula is C12H22N2O3. The number of nitrogens with zero attached hydrogens (tertiary/aromatic N) is 1. The van der Waals surface area contributed by atoms with Crippen molar-refractivity contribution in [1.29, 1.82) is 0 Å². The lowest BCUT2D eigenvalue weighted by molar-refractivity contribution is -0.138. The fraction of sp³-hybridized carbons (Fsp3) is 0.833. The van der Waals surface area contributed by atoms with Crippen molar-refractivity contribution in [2.45, 2.75) is 38.6 Å². The zero-order chi connectivity index (χ0) is 12.8. The molecule has 98 valence electrons. The number of carbonyl (C=O) groups is 2. The average Bonchev–Trinajstić information content (AvgIpc) is 2.19. The lowest BCUT2D eigenvalue weighted by atomic mass is 9.87. The topological polar surface area (TPSA) is 69.6 Å². The molecule has 2 N–H and O–H groups in total. The van der Waals surface area contributed by atoms with E-state index in [-0.39, 0.29) is 25.0 Å². The Labute approximate surface area is 102 Å². The Morgan fingerprint density at radius 3 is 2.35 bits per heavy atom. The average molecular weight is 242 g/mol. The number of carbonyl (C=O) groups excluding carboxylic acids is 1. The quantitative estimate of drug-likeness (QED) is 0.744. The number of hydrogen-bond acceptors (Lipinski definition) is 3. The summed E-state index contributed by atoms with van der Waals surface area (Å²) in [6.07, 6.45) is 4.40. The van der Waals surface area contributed by atoms with E-state index in [0.29, 0.717) is 0 Å². The van der Waals surface area contributed by atoms with Crippen LogP contribution in [0.2, 0.25) is 0 Å². The number of likely N-dealkylation sites (N-methyl/N-ethyl adjacent to an activating group) is 1. The summed E-state index contributed by atoms with van der Waals surface area (Å²) >= 11 is 0. The summed E-state index contributed by atoms with van der Waals surface area (Å²) in [5.41, 5.74) is 0. The van der Waals surface area contributed by atoms with Gasteiger partial charge in [-0.05, 0) is 38.6 Å². The third-order valence-corrected chi connectivity index (χ3v) is 3.20. The van der Waals surface area contributed by atoms with Gasteiger partial charge in [-0.15, -0.1) is 0 Å². The Morgan fingerprint density at radius 1 is 1.24 bits per heavy atom. The van der Waals surface area contributed by atoms with Gasteiger partial charge >= 0.3 is 5.97 Å². The Balaban J connectivity index is 2.22. The van der Waals surface area contributed by atoms with Crippen LogP contribution in [-0.4, -0.2) is 48.1 Å². The molecule has 0 aromatic heterocycles. The van der Waals surface area contributed by atoms with E-state index in [1.54, 1.807) is 7.05 Å². The van der Waals surface area contributed by atoms with Crippen LogP contribution >= 0.6 is 0 Å². The van der Waals surface area contributed by atoms with Crippen LogP contribution in [0.15, 0.2) is 0 Å². The van der Waals surface area contributed by atoms with Gasteiger partial charge in [0.25, 0.3) is 0 Å². The Kier molecular flexibility index (Phi) is 5.41. The monoisotopic (exact) mass is 242 g/mol. The van der Waals surface area contributed by atoms with Crippen molar-refractivity contribution in [3.05, 3.63) is 0 Å². The molecule has 5 nitrogen and oxygen atoms in total. The van der Waals surface area contributed by atoms with Gasteiger partial charge in [-0.25, -0.2) is 0 Å². The minimum Gasteiger partial charge on any atom is -0.480 e. The van der Waals surface area contributed by atoms with Crippen molar-refractivity contribution in [1.82, 2.24) is 10.2 Å². The summed E-state index contributed by atoms with van der Waals surface area (Å²) in [5, 5.41) is 11.5. The molecule has 1 rings (SSSR count). The SMILES string of the molecule is CC1CCC(NC(=O)CN(C)CC(=O)O)CC1. The second kappa shape index (κ2) is 6.59. The summed E-state index contributed by atoms with van der Waals surface area (Å²) < 4.78 is 0. The zero-order valence-corrected chi connectivity index (χ0v) is 10.6. The summed E-state index contributed by atoms with van der Waals surface area (Å²) in [6.45, 7) is 2.28. The molecule has 0 spiro atoms. The number of aliphatic carboxylic acids is 1. The number of hydrogen-bond donors (Lipinski definition) is 2. The molecule has 0 unspecified atom stereocenters. The minimum absolute atomic E-state index is 0.0756. The third kappa shape index (κ3) is 5.68. The molecule has 1 aliphatic carbocycles. The molecule has 1 fully saturated rings. The molecule has 0 saturated heterocycles. The fourth-order valence-electron chi connectivity index (χ4n) is 2.21. The highest BCUT2D eigenvalue weighted by atomic mass is 16.4. The molecule has 17 heavy (non-hydrogen) atoms. The Bertz CT molecular complexity index is 273. The van der Waals surface area contributed by atoms with Gasteiger partial charge in [0, 0.05) is 6.04 Å². The molecule has 0 bridgehead atoms. The highest BCUT2D eigenvalue weighted by Crippen LogP contribution is 2.23. The smallest absolute Gasteiger partial charge is 0.317 e. The lowest BCUT2D eigenvalue weighted by Gasteiger charge is -2.27. The first-order valence-electron chi connectivity index (χ1n) is 6.17. The fourth-order valence-corrected chi connectivity index (χ4v) is 2.21. The maximum absolute atomic E-state index is 11.6. The number of rotatable bonds is 5. The van der Waals surface area contributed by atoms with Crippen molar-refractivity contribution in [3.63, 3.8) is 0 Å². The van der Waals surface area contributed by atoms with Crippen molar-refractivity contribution in [2.75, 3.05) is 20.1 Å². The van der Waals surface area contributed by atoms with E-state index < -0.39 is 5.97 Å². The molecule has 1 saturated carbocycles. The summed E-state index contributed by atoms with van der Waals surface area (Å²) in [7, 11) is 1.64. The molecule has 1 aliphatic rings. The number of carboxylic acids is 1. The maximum Gasteiger partial charge on any atom is 0.317 e. The second-order valence-corrected chi connectivity index (χ2v) is 5.09. The molecule has 0 aromatic rings. The van der Waals surface area contributed by atoms with E-state index in [9.17, 15) is 9.59 Å². The number of carboxylic acid groups (broad SMARTS) is 1. The zero-order valence-electron chi connectivity index (χ0n) is 10.6. The molecule has 0 radical (unpaired) electrons. The molecule has 5 heteroatoms. The largest absolute Gasteiger partial charge is 0.480 e. The normalized spacial score (nSPS) is 24.6. The predicted octanol–water partition coefficient (Wildman–Crippen LogP) is 0.698. The molecule has 0 aromatic carbocycles. The van der Waals surface area contributed by atoms with Crippen molar-refractivity contribution < 1.29 is 14.7 Å². The van der Waals surface area contributed by atoms with E-state index >= 15 is 0 Å².